The Bertz CT molecular complexity index is 960. The SMILES string of the molecule is Cc1cc(Nc2nccc(C(F)(F)F)n2)cc(-n2cnc(C(C)(C)O)c2)c1. The summed E-state index contributed by atoms with van der Waals surface area (Å²) < 4.78 is 40.1. The summed E-state index contributed by atoms with van der Waals surface area (Å²) in [7, 11) is 0. The fourth-order valence-corrected chi connectivity index (χ4v) is 2.47. The molecule has 2 N–H and O–H groups in total. The van der Waals surface area contributed by atoms with Crippen LogP contribution in [0.3, 0.4) is 0 Å². The van der Waals surface area contributed by atoms with Crippen molar-refractivity contribution in [2.24, 2.45) is 0 Å². The molecular weight excluding hydrogens is 359 g/mol. The van der Waals surface area contributed by atoms with Crippen LogP contribution < -0.4 is 5.32 Å². The molecule has 0 unspecified atom stereocenters. The van der Waals surface area contributed by atoms with Crippen molar-refractivity contribution in [3.05, 3.63) is 59.9 Å². The number of hydrogen-bond acceptors (Lipinski definition) is 5. The van der Waals surface area contributed by atoms with E-state index in [0.29, 0.717) is 11.4 Å². The van der Waals surface area contributed by atoms with Gasteiger partial charge in [-0.15, -0.1) is 0 Å². The molecule has 0 saturated carbocycles. The Morgan fingerprint density at radius 2 is 1.81 bits per heavy atom. The van der Waals surface area contributed by atoms with Gasteiger partial charge in [0.25, 0.3) is 0 Å². The molecule has 9 heteroatoms. The van der Waals surface area contributed by atoms with Gasteiger partial charge in [-0.1, -0.05) is 0 Å². The van der Waals surface area contributed by atoms with Crippen molar-refractivity contribution in [3.63, 3.8) is 0 Å². The second kappa shape index (κ2) is 6.66. The van der Waals surface area contributed by atoms with Crippen molar-refractivity contribution < 1.29 is 18.3 Å². The molecule has 0 spiro atoms. The van der Waals surface area contributed by atoms with Gasteiger partial charge in [0.05, 0.1) is 12.0 Å². The van der Waals surface area contributed by atoms with Gasteiger partial charge >= 0.3 is 6.18 Å². The van der Waals surface area contributed by atoms with Crippen molar-refractivity contribution in [1.29, 1.82) is 0 Å². The van der Waals surface area contributed by atoms with Crippen molar-refractivity contribution in [2.75, 3.05) is 5.32 Å². The maximum absolute atomic E-state index is 12.8. The topological polar surface area (TPSA) is 75.9 Å². The van der Waals surface area contributed by atoms with Crippen LogP contribution in [0.15, 0.2) is 43.0 Å². The lowest BCUT2D eigenvalue weighted by Crippen LogP contribution is -2.15. The molecule has 2 heterocycles. The van der Waals surface area contributed by atoms with Gasteiger partial charge in [-0.3, -0.25) is 0 Å². The van der Waals surface area contributed by atoms with Gasteiger partial charge in [-0.05, 0) is 50.6 Å². The smallest absolute Gasteiger partial charge is 0.384 e. The number of alkyl halides is 3. The van der Waals surface area contributed by atoms with E-state index in [1.165, 1.54) is 0 Å². The largest absolute Gasteiger partial charge is 0.433 e. The first kappa shape index (κ1) is 18.8. The predicted molar refractivity (Wildman–Crippen MR) is 93.9 cm³/mol. The molecule has 3 aromatic rings. The third-order valence-electron chi connectivity index (χ3n) is 3.77. The number of imidazole rings is 1. The van der Waals surface area contributed by atoms with Gasteiger partial charge < -0.3 is 15.0 Å². The fourth-order valence-electron chi connectivity index (χ4n) is 2.47. The van der Waals surface area contributed by atoms with Crippen LogP contribution in [-0.2, 0) is 11.8 Å². The summed E-state index contributed by atoms with van der Waals surface area (Å²) in [6, 6.07) is 6.19. The third kappa shape index (κ3) is 4.43. The van der Waals surface area contributed by atoms with Crippen LogP contribution in [0.25, 0.3) is 5.69 Å². The van der Waals surface area contributed by atoms with Crippen LogP contribution in [0.5, 0.6) is 0 Å². The summed E-state index contributed by atoms with van der Waals surface area (Å²) in [4.78, 5) is 11.5. The maximum atomic E-state index is 12.8. The average Bonchev–Trinajstić information content (AvgIpc) is 3.04. The monoisotopic (exact) mass is 377 g/mol. The Labute approximate surface area is 153 Å². The zero-order valence-electron chi connectivity index (χ0n) is 14.9. The summed E-state index contributed by atoms with van der Waals surface area (Å²) >= 11 is 0. The van der Waals surface area contributed by atoms with Crippen LogP contribution in [0, 0.1) is 6.92 Å². The van der Waals surface area contributed by atoms with E-state index in [4.69, 9.17) is 0 Å². The zero-order chi connectivity index (χ0) is 19.8. The Balaban J connectivity index is 1.91. The van der Waals surface area contributed by atoms with Gasteiger partial charge in [0.1, 0.15) is 11.3 Å². The molecule has 0 amide bonds. The second-order valence-electron chi connectivity index (χ2n) is 6.67. The number of aryl methyl sites for hydroxylation is 1. The summed E-state index contributed by atoms with van der Waals surface area (Å²) in [5.74, 6) is -0.149. The fraction of sp³-hybridized carbons (Fsp3) is 0.278. The molecule has 0 aliphatic rings. The molecule has 142 valence electrons. The number of nitrogens with one attached hydrogen (secondary N) is 1. The van der Waals surface area contributed by atoms with E-state index in [9.17, 15) is 18.3 Å². The Morgan fingerprint density at radius 1 is 1.07 bits per heavy atom. The van der Waals surface area contributed by atoms with E-state index in [0.717, 1.165) is 23.5 Å². The van der Waals surface area contributed by atoms with E-state index in [1.54, 1.807) is 43.1 Å². The van der Waals surface area contributed by atoms with E-state index >= 15 is 0 Å². The normalized spacial score (nSPS) is 12.3. The Hall–Kier alpha value is -2.94. The second-order valence-corrected chi connectivity index (χ2v) is 6.67. The molecular formula is C18H18F3N5O. The van der Waals surface area contributed by atoms with Crippen LogP contribution in [0.2, 0.25) is 0 Å². The number of halogens is 3. The molecule has 0 aliphatic heterocycles. The number of hydrogen-bond donors (Lipinski definition) is 2. The first-order valence-electron chi connectivity index (χ1n) is 8.08. The standard InChI is InChI=1S/C18H18F3N5O/c1-11-6-12(24-16-22-5-4-14(25-16)18(19,20)21)8-13(7-11)26-9-15(23-10-26)17(2,3)27/h4-10,27H,1-3H3,(H,22,24,25). The molecule has 3 rings (SSSR count). The van der Waals surface area contributed by atoms with E-state index in [-0.39, 0.29) is 5.95 Å². The third-order valence-corrected chi connectivity index (χ3v) is 3.77. The molecule has 27 heavy (non-hydrogen) atoms. The molecule has 6 nitrogen and oxygen atoms in total. The lowest BCUT2D eigenvalue weighted by Gasteiger charge is -2.13. The highest BCUT2D eigenvalue weighted by Crippen LogP contribution is 2.28. The highest BCUT2D eigenvalue weighted by atomic mass is 19.4. The summed E-state index contributed by atoms with van der Waals surface area (Å²) in [5.41, 5.74) is 0.537. The molecule has 2 aromatic heterocycles. The molecule has 0 radical (unpaired) electrons. The number of aromatic nitrogens is 4. The quantitative estimate of drug-likeness (QED) is 0.720. The minimum Gasteiger partial charge on any atom is -0.384 e. The molecule has 0 aliphatic carbocycles. The summed E-state index contributed by atoms with van der Waals surface area (Å²) in [6.07, 6.45) is -0.228. The van der Waals surface area contributed by atoms with Crippen molar-refractivity contribution in [3.8, 4) is 5.69 Å². The number of rotatable bonds is 4. The summed E-state index contributed by atoms with van der Waals surface area (Å²) in [5, 5.41) is 12.8. The lowest BCUT2D eigenvalue weighted by molar-refractivity contribution is -0.141. The average molecular weight is 377 g/mol. The van der Waals surface area contributed by atoms with E-state index < -0.39 is 17.5 Å². The van der Waals surface area contributed by atoms with Crippen molar-refractivity contribution in [1.82, 2.24) is 19.5 Å². The minimum atomic E-state index is -4.54. The van der Waals surface area contributed by atoms with Crippen LogP contribution in [0.1, 0.15) is 30.8 Å². The highest BCUT2D eigenvalue weighted by Gasteiger charge is 2.32. The molecule has 0 saturated heterocycles. The van der Waals surface area contributed by atoms with Gasteiger partial charge in [0, 0.05) is 23.8 Å². The Morgan fingerprint density at radius 3 is 2.44 bits per heavy atom. The molecule has 0 atom stereocenters. The predicted octanol–water partition coefficient (Wildman–Crippen LogP) is 3.96. The first-order chi connectivity index (χ1) is 12.5. The number of anilines is 2. The van der Waals surface area contributed by atoms with Gasteiger partial charge in [0.2, 0.25) is 5.95 Å². The minimum absolute atomic E-state index is 0.149. The summed E-state index contributed by atoms with van der Waals surface area (Å²) in [6.45, 7) is 5.12. The highest BCUT2D eigenvalue weighted by molar-refractivity contribution is 5.59. The van der Waals surface area contributed by atoms with E-state index in [1.807, 2.05) is 13.0 Å². The number of benzene rings is 1. The van der Waals surface area contributed by atoms with Gasteiger partial charge in [0.15, 0.2) is 0 Å². The number of aliphatic hydroxyl groups is 1. The Kier molecular flexibility index (Phi) is 4.64. The van der Waals surface area contributed by atoms with Crippen molar-refractivity contribution in [2.45, 2.75) is 32.5 Å². The zero-order valence-corrected chi connectivity index (χ0v) is 14.9. The molecule has 1 aromatic carbocycles. The van der Waals surface area contributed by atoms with Crippen LogP contribution in [-0.4, -0.2) is 24.6 Å². The maximum Gasteiger partial charge on any atom is 0.433 e. The van der Waals surface area contributed by atoms with Crippen molar-refractivity contribution >= 4 is 11.6 Å². The van der Waals surface area contributed by atoms with Crippen LogP contribution in [0.4, 0.5) is 24.8 Å². The van der Waals surface area contributed by atoms with Gasteiger partial charge in [-0.2, -0.15) is 13.2 Å². The number of nitrogens with zero attached hydrogens (tertiary/aromatic N) is 4. The lowest BCUT2D eigenvalue weighted by atomic mass is 10.1. The molecule has 0 fully saturated rings. The van der Waals surface area contributed by atoms with E-state index in [2.05, 4.69) is 20.3 Å². The van der Waals surface area contributed by atoms with Gasteiger partial charge in [-0.25, -0.2) is 15.0 Å². The molecule has 0 bridgehead atoms. The van der Waals surface area contributed by atoms with Crippen LogP contribution >= 0.6 is 0 Å². The first-order valence-corrected chi connectivity index (χ1v) is 8.08.